The fourth-order valence-electron chi connectivity index (χ4n) is 3.50. The number of nitro benzene ring substituents is 2. The molecule has 0 saturated heterocycles. The van der Waals surface area contributed by atoms with Gasteiger partial charge >= 0.3 is 5.69 Å². The number of para-hydroxylation sites is 1. The van der Waals surface area contributed by atoms with Gasteiger partial charge in [-0.25, -0.2) is 5.01 Å². The molecular formula is C19H13IN6O10S2. The van der Waals surface area contributed by atoms with Crippen molar-refractivity contribution in [2.24, 2.45) is 5.10 Å². The smallest absolute Gasteiger partial charge is 0.282 e. The largest absolute Gasteiger partial charge is 0.303 e. The van der Waals surface area contributed by atoms with Crippen molar-refractivity contribution in [3.8, 4) is 0 Å². The van der Waals surface area contributed by atoms with Crippen LogP contribution in [-0.2, 0) is 20.2 Å². The van der Waals surface area contributed by atoms with E-state index in [0.717, 1.165) is 55.5 Å². The first-order chi connectivity index (χ1) is 17.7. The van der Waals surface area contributed by atoms with Crippen molar-refractivity contribution >= 4 is 77.6 Å². The van der Waals surface area contributed by atoms with Gasteiger partial charge in [-0.1, -0.05) is 6.07 Å². The Labute approximate surface area is 227 Å². The van der Waals surface area contributed by atoms with Crippen molar-refractivity contribution in [1.82, 2.24) is 0 Å². The Kier molecular flexibility index (Phi) is 6.96. The molecule has 2 N–H and O–H groups in total. The summed E-state index contributed by atoms with van der Waals surface area (Å²) in [6.45, 7) is 0. The predicted octanol–water partition coefficient (Wildman–Crippen LogP) is 3.21. The van der Waals surface area contributed by atoms with E-state index in [0.29, 0.717) is 6.07 Å². The topological polar surface area (TPSA) is 217 Å². The number of non-ortho nitro benzene ring substituents is 1. The van der Waals surface area contributed by atoms with Crippen molar-refractivity contribution in [2.75, 3.05) is 15.2 Å². The molecule has 0 saturated carbocycles. The lowest BCUT2D eigenvalue weighted by molar-refractivity contribution is -0.393. The zero-order chi connectivity index (χ0) is 28.0. The van der Waals surface area contributed by atoms with Crippen LogP contribution in [0.3, 0.4) is 0 Å². The molecule has 1 aliphatic rings. The number of hydrazone groups is 1. The third-order valence-electron chi connectivity index (χ3n) is 5.04. The molecule has 0 unspecified atom stereocenters. The van der Waals surface area contributed by atoms with E-state index in [-0.39, 0.29) is 11.4 Å². The zero-order valence-electron chi connectivity index (χ0n) is 18.4. The van der Waals surface area contributed by atoms with Crippen LogP contribution in [-0.4, -0.2) is 42.1 Å². The minimum Gasteiger partial charge on any atom is -0.282 e. The van der Waals surface area contributed by atoms with Crippen LogP contribution in [0.1, 0.15) is 0 Å². The Balaban J connectivity index is 2.02. The molecule has 16 nitrogen and oxygen atoms in total. The van der Waals surface area contributed by atoms with Gasteiger partial charge in [0.2, 0.25) is 0 Å². The molecule has 0 fully saturated rings. The second kappa shape index (κ2) is 9.75. The minimum atomic E-state index is -5.09. The predicted molar refractivity (Wildman–Crippen MR) is 141 cm³/mol. The molecule has 3 aromatic carbocycles. The van der Waals surface area contributed by atoms with Crippen LogP contribution in [0.4, 0.5) is 28.4 Å². The number of benzene rings is 3. The summed E-state index contributed by atoms with van der Waals surface area (Å²) in [6.07, 6.45) is 0.877. The molecule has 3 aromatic rings. The monoisotopic (exact) mass is 676 g/mol. The quantitative estimate of drug-likeness (QED) is 0.159. The Morgan fingerprint density at radius 2 is 1.42 bits per heavy atom. The summed E-state index contributed by atoms with van der Waals surface area (Å²) in [5.41, 5.74) is -2.28. The first-order valence-electron chi connectivity index (χ1n) is 9.90. The van der Waals surface area contributed by atoms with E-state index < -0.39 is 56.9 Å². The van der Waals surface area contributed by atoms with Gasteiger partial charge in [0.05, 0.1) is 21.6 Å². The highest BCUT2D eigenvalue weighted by molar-refractivity contribution is 14.1. The van der Waals surface area contributed by atoms with Gasteiger partial charge in [0.15, 0.2) is 5.69 Å². The highest BCUT2D eigenvalue weighted by atomic mass is 127. The highest BCUT2D eigenvalue weighted by Crippen LogP contribution is 2.41. The number of nitro groups is 2. The molecule has 4 rings (SSSR count). The lowest BCUT2D eigenvalue weighted by Crippen LogP contribution is -2.47. The van der Waals surface area contributed by atoms with E-state index in [2.05, 4.69) is 5.10 Å². The number of nitrogens with zero attached hydrogens (tertiary/aromatic N) is 6. The molecule has 1 aliphatic heterocycles. The average molecular weight is 676 g/mol. The van der Waals surface area contributed by atoms with Gasteiger partial charge in [-0.2, -0.15) is 22.0 Å². The van der Waals surface area contributed by atoms with Gasteiger partial charge in [-0.15, -0.1) is 10.2 Å². The summed E-state index contributed by atoms with van der Waals surface area (Å²) in [5.74, 6) is 0. The van der Waals surface area contributed by atoms with Crippen LogP contribution in [0.5, 0.6) is 0 Å². The molecule has 38 heavy (non-hydrogen) atoms. The number of hydrogen-bond donors (Lipinski definition) is 2. The number of hydrazine groups is 2. The maximum atomic E-state index is 12.2. The Hall–Kier alpha value is -3.92. The SMILES string of the molecule is O=[N+]([O-])c1ccc(N2N=CN(c3c(S(=O)(=O)O)cccc3S(=O)(=O)O)N2c2ccc(I)cc2)c([N+](=O)[O-])c1. The van der Waals surface area contributed by atoms with E-state index in [1.807, 2.05) is 22.6 Å². The molecule has 0 aliphatic carbocycles. The molecule has 0 aromatic heterocycles. The Morgan fingerprint density at radius 1 is 0.842 bits per heavy atom. The molecule has 0 amide bonds. The van der Waals surface area contributed by atoms with Crippen molar-refractivity contribution < 1.29 is 35.8 Å². The van der Waals surface area contributed by atoms with Crippen LogP contribution >= 0.6 is 22.6 Å². The van der Waals surface area contributed by atoms with E-state index in [9.17, 15) is 46.2 Å². The first-order valence-corrected chi connectivity index (χ1v) is 13.9. The number of halogens is 1. The van der Waals surface area contributed by atoms with Crippen LogP contribution in [0, 0.1) is 23.8 Å². The molecule has 0 spiro atoms. The Bertz CT molecular complexity index is 1660. The second-order valence-electron chi connectivity index (χ2n) is 7.37. The van der Waals surface area contributed by atoms with Crippen LogP contribution in [0.25, 0.3) is 0 Å². The van der Waals surface area contributed by atoms with Gasteiger partial charge in [0.1, 0.15) is 21.8 Å². The standard InChI is InChI=1S/C19H13IN6O10S2/c20-12-4-6-13(7-5-12)24-22(19-17(37(31,32)33)2-1-3-18(19)38(34,35)36)11-21-23(24)15-9-8-14(25(27)28)10-16(15)26(29)30/h1-11H,(H,31,32,33)(H,34,35,36). The van der Waals surface area contributed by atoms with E-state index >= 15 is 0 Å². The molecule has 0 atom stereocenters. The number of hydrogen-bond acceptors (Lipinski definition) is 12. The van der Waals surface area contributed by atoms with E-state index in [4.69, 9.17) is 0 Å². The van der Waals surface area contributed by atoms with Crippen molar-refractivity contribution in [1.29, 1.82) is 0 Å². The maximum Gasteiger partial charge on any atom is 0.303 e. The van der Waals surface area contributed by atoms with Gasteiger partial charge < -0.3 is 0 Å². The van der Waals surface area contributed by atoms with Gasteiger partial charge in [-0.3, -0.25) is 29.3 Å². The van der Waals surface area contributed by atoms with Crippen molar-refractivity contribution in [2.45, 2.75) is 9.79 Å². The van der Waals surface area contributed by atoms with Gasteiger partial charge in [-0.05, 0) is 65.1 Å². The van der Waals surface area contributed by atoms with Crippen LogP contribution in [0.2, 0.25) is 0 Å². The summed E-state index contributed by atoms with van der Waals surface area (Å²) in [5, 5.41) is 29.7. The summed E-state index contributed by atoms with van der Waals surface area (Å²) in [7, 11) is -10.2. The fourth-order valence-corrected chi connectivity index (χ4v) is 5.32. The summed E-state index contributed by atoms with van der Waals surface area (Å²) < 4.78 is 69.2. The summed E-state index contributed by atoms with van der Waals surface area (Å²) in [4.78, 5) is 19.4. The minimum absolute atomic E-state index is 0.155. The third-order valence-corrected chi connectivity index (χ3v) is 7.53. The van der Waals surface area contributed by atoms with Crippen molar-refractivity contribution in [3.63, 3.8) is 0 Å². The fraction of sp³-hybridized carbons (Fsp3) is 0. The van der Waals surface area contributed by atoms with Gasteiger partial charge in [0, 0.05) is 9.64 Å². The normalized spacial score (nSPS) is 13.7. The van der Waals surface area contributed by atoms with Crippen LogP contribution in [0.15, 0.2) is 75.6 Å². The number of rotatable bonds is 7. The average Bonchev–Trinajstić information content (AvgIpc) is 3.27. The lowest BCUT2D eigenvalue weighted by Gasteiger charge is -2.35. The zero-order valence-corrected chi connectivity index (χ0v) is 22.2. The molecule has 1 heterocycles. The third kappa shape index (κ3) is 5.08. The van der Waals surface area contributed by atoms with E-state index in [1.165, 1.54) is 12.1 Å². The van der Waals surface area contributed by atoms with Crippen molar-refractivity contribution in [3.05, 3.63) is 84.5 Å². The lowest BCUT2D eigenvalue weighted by atomic mass is 10.2. The molecular weight excluding hydrogens is 663 g/mol. The highest BCUT2D eigenvalue weighted by Gasteiger charge is 2.38. The molecule has 198 valence electrons. The number of anilines is 3. The summed E-state index contributed by atoms with van der Waals surface area (Å²) in [6, 6.07) is 11.6. The first kappa shape index (κ1) is 27.1. The summed E-state index contributed by atoms with van der Waals surface area (Å²) >= 11 is 1.99. The van der Waals surface area contributed by atoms with Gasteiger partial charge in [0.25, 0.3) is 25.9 Å². The Morgan fingerprint density at radius 3 is 1.92 bits per heavy atom. The molecule has 0 radical (unpaired) electrons. The molecule has 19 heteroatoms. The molecule has 0 bridgehead atoms. The van der Waals surface area contributed by atoms with Crippen LogP contribution < -0.4 is 15.2 Å². The maximum absolute atomic E-state index is 12.2. The van der Waals surface area contributed by atoms with E-state index in [1.54, 1.807) is 12.1 Å². The second-order valence-corrected chi connectivity index (χ2v) is 11.4.